The number of carbonyl (C=O) groups excluding carboxylic acids is 3. The van der Waals surface area contributed by atoms with E-state index in [-0.39, 0.29) is 18.1 Å². The zero-order valence-corrected chi connectivity index (χ0v) is 10.9. The number of aryl methyl sites for hydroxylation is 1. The van der Waals surface area contributed by atoms with Gasteiger partial charge >= 0.3 is 0 Å². The van der Waals surface area contributed by atoms with Crippen LogP contribution < -0.4 is 10.6 Å². The van der Waals surface area contributed by atoms with Gasteiger partial charge in [0.05, 0.1) is 0 Å². The van der Waals surface area contributed by atoms with E-state index in [1.807, 2.05) is 0 Å². The average molecular weight is 280 g/mol. The van der Waals surface area contributed by atoms with Crippen molar-refractivity contribution >= 4 is 34.5 Å². The second kappa shape index (κ2) is 5.31. The number of rotatable bonds is 3. The normalized spacial score (nSPS) is 18.3. The van der Waals surface area contributed by atoms with Gasteiger partial charge in [0, 0.05) is 12.1 Å². The van der Waals surface area contributed by atoms with Crippen molar-refractivity contribution in [3.63, 3.8) is 0 Å². The molecule has 1 unspecified atom stereocenters. The minimum absolute atomic E-state index is 0.0669. The molecule has 1 saturated heterocycles. The lowest BCUT2D eigenvalue weighted by atomic mass is 10.2. The van der Waals surface area contributed by atoms with Crippen LogP contribution in [0.25, 0.3) is 0 Å². The third kappa shape index (κ3) is 3.25. The average Bonchev–Trinajstić information content (AvgIpc) is 2.61. The van der Waals surface area contributed by atoms with Crippen LogP contribution in [0.1, 0.15) is 12.0 Å². The first kappa shape index (κ1) is 13.4. The fourth-order valence-electron chi connectivity index (χ4n) is 1.69. The molecule has 0 saturated carbocycles. The van der Waals surface area contributed by atoms with Crippen molar-refractivity contribution in [3.8, 4) is 5.75 Å². The summed E-state index contributed by atoms with van der Waals surface area (Å²) in [7, 11) is 0. The largest absolute Gasteiger partial charge is 0.508 e. The van der Waals surface area contributed by atoms with E-state index < -0.39 is 16.4 Å². The van der Waals surface area contributed by atoms with Gasteiger partial charge in [0.2, 0.25) is 11.8 Å². The van der Waals surface area contributed by atoms with Gasteiger partial charge in [0.25, 0.3) is 5.24 Å². The van der Waals surface area contributed by atoms with Crippen LogP contribution in [0.2, 0.25) is 0 Å². The summed E-state index contributed by atoms with van der Waals surface area (Å²) in [5.41, 5.74) is 1.28. The van der Waals surface area contributed by atoms with Crippen molar-refractivity contribution in [3.05, 3.63) is 23.8 Å². The lowest BCUT2D eigenvalue weighted by Gasteiger charge is -2.09. The molecule has 0 aromatic heterocycles. The quantitative estimate of drug-likeness (QED) is 0.727. The topological polar surface area (TPSA) is 95.5 Å². The first-order valence-electron chi connectivity index (χ1n) is 5.56. The Morgan fingerprint density at radius 3 is 2.79 bits per heavy atom. The van der Waals surface area contributed by atoms with E-state index in [4.69, 9.17) is 0 Å². The summed E-state index contributed by atoms with van der Waals surface area (Å²) in [6.07, 6.45) is -0.0669. The maximum absolute atomic E-state index is 11.8. The molecule has 1 fully saturated rings. The Labute approximate surface area is 113 Å². The molecule has 6 nitrogen and oxygen atoms in total. The lowest BCUT2D eigenvalue weighted by molar-refractivity contribution is -0.122. The first-order valence-corrected chi connectivity index (χ1v) is 6.44. The Balaban J connectivity index is 1.98. The van der Waals surface area contributed by atoms with Crippen LogP contribution in [0, 0.1) is 6.92 Å². The molecule has 0 spiro atoms. The van der Waals surface area contributed by atoms with E-state index in [1.54, 1.807) is 13.0 Å². The van der Waals surface area contributed by atoms with Gasteiger partial charge in [0.15, 0.2) is 0 Å². The Hall–Kier alpha value is -2.02. The predicted octanol–water partition coefficient (Wildman–Crippen LogP) is 1.38. The van der Waals surface area contributed by atoms with Crippen LogP contribution >= 0.6 is 11.8 Å². The molecular formula is C12H12N2O4S. The zero-order chi connectivity index (χ0) is 14.0. The molecule has 3 amide bonds. The second-order valence-electron chi connectivity index (χ2n) is 4.13. The summed E-state index contributed by atoms with van der Waals surface area (Å²) in [6, 6.07) is 4.56. The Kier molecular flexibility index (Phi) is 3.75. The number of amides is 3. The van der Waals surface area contributed by atoms with E-state index in [9.17, 15) is 19.5 Å². The minimum Gasteiger partial charge on any atom is -0.508 e. The fraction of sp³-hybridized carbons (Fsp3) is 0.250. The fourth-order valence-corrected chi connectivity index (χ4v) is 2.50. The molecule has 3 N–H and O–H groups in total. The Morgan fingerprint density at radius 1 is 1.47 bits per heavy atom. The Morgan fingerprint density at radius 2 is 2.21 bits per heavy atom. The summed E-state index contributed by atoms with van der Waals surface area (Å²) in [6.45, 7) is 1.75. The summed E-state index contributed by atoms with van der Waals surface area (Å²) < 4.78 is 0. The van der Waals surface area contributed by atoms with Crippen LogP contribution in [-0.2, 0) is 9.59 Å². The molecule has 0 radical (unpaired) electrons. The van der Waals surface area contributed by atoms with E-state index in [2.05, 4.69) is 10.6 Å². The molecule has 1 heterocycles. The molecule has 1 atom stereocenters. The highest BCUT2D eigenvalue weighted by molar-refractivity contribution is 8.15. The number of nitrogens with one attached hydrogen (secondary N) is 2. The molecule has 1 aliphatic rings. The third-order valence-corrected chi connectivity index (χ3v) is 3.60. The second-order valence-corrected chi connectivity index (χ2v) is 5.31. The number of benzene rings is 1. The van der Waals surface area contributed by atoms with Crippen LogP contribution in [0.4, 0.5) is 10.5 Å². The summed E-state index contributed by atoms with van der Waals surface area (Å²) in [5, 5.41) is 12.9. The molecule has 100 valence electrons. The number of hydrogen-bond donors (Lipinski definition) is 3. The summed E-state index contributed by atoms with van der Waals surface area (Å²) >= 11 is 0.819. The van der Waals surface area contributed by atoms with E-state index in [1.165, 1.54) is 12.1 Å². The molecule has 0 bridgehead atoms. The number of hydrogen-bond acceptors (Lipinski definition) is 5. The third-order valence-electron chi connectivity index (χ3n) is 2.62. The van der Waals surface area contributed by atoms with Crippen molar-refractivity contribution in [2.24, 2.45) is 0 Å². The lowest BCUT2D eigenvalue weighted by Crippen LogP contribution is -2.27. The number of thioether (sulfide) groups is 1. The number of aromatic hydroxyl groups is 1. The van der Waals surface area contributed by atoms with Crippen LogP contribution in [0.3, 0.4) is 0 Å². The standard InChI is InChI=1S/C12H12N2O4S/c1-6-4-7(15)2-3-8(6)13-10(16)5-9-11(17)14-12(18)19-9/h2-4,9,15H,5H2,1H3,(H,13,16)(H,14,17,18). The van der Waals surface area contributed by atoms with Gasteiger partial charge in [0.1, 0.15) is 11.0 Å². The maximum atomic E-state index is 11.8. The maximum Gasteiger partial charge on any atom is 0.286 e. The Bertz CT molecular complexity index is 559. The van der Waals surface area contributed by atoms with Gasteiger partial charge in [-0.15, -0.1) is 0 Å². The molecule has 1 aliphatic heterocycles. The highest BCUT2D eigenvalue weighted by atomic mass is 32.2. The van der Waals surface area contributed by atoms with E-state index in [0.717, 1.165) is 11.8 Å². The minimum atomic E-state index is -0.676. The van der Waals surface area contributed by atoms with Crippen molar-refractivity contribution in [2.75, 3.05) is 5.32 Å². The van der Waals surface area contributed by atoms with Gasteiger partial charge in [-0.05, 0) is 30.7 Å². The highest BCUT2D eigenvalue weighted by Crippen LogP contribution is 2.24. The van der Waals surface area contributed by atoms with Crippen molar-refractivity contribution in [1.29, 1.82) is 0 Å². The van der Waals surface area contributed by atoms with Crippen LogP contribution in [0.5, 0.6) is 5.75 Å². The van der Waals surface area contributed by atoms with E-state index in [0.29, 0.717) is 11.3 Å². The molecule has 2 rings (SSSR count). The van der Waals surface area contributed by atoms with Crippen LogP contribution in [0.15, 0.2) is 18.2 Å². The van der Waals surface area contributed by atoms with Crippen molar-refractivity contribution < 1.29 is 19.5 Å². The summed E-state index contributed by atoms with van der Waals surface area (Å²) in [4.78, 5) is 34.1. The zero-order valence-electron chi connectivity index (χ0n) is 10.1. The molecular weight excluding hydrogens is 268 g/mol. The number of anilines is 1. The smallest absolute Gasteiger partial charge is 0.286 e. The molecule has 1 aromatic carbocycles. The SMILES string of the molecule is Cc1cc(O)ccc1NC(=O)CC1SC(=O)NC1=O. The molecule has 1 aromatic rings. The molecule has 7 heteroatoms. The monoisotopic (exact) mass is 280 g/mol. The van der Waals surface area contributed by atoms with Gasteiger partial charge in [-0.3, -0.25) is 19.7 Å². The van der Waals surface area contributed by atoms with Crippen molar-refractivity contribution in [1.82, 2.24) is 5.32 Å². The first-order chi connectivity index (χ1) is 8.95. The number of phenols is 1. The molecule has 19 heavy (non-hydrogen) atoms. The van der Waals surface area contributed by atoms with Crippen molar-refractivity contribution in [2.45, 2.75) is 18.6 Å². The highest BCUT2D eigenvalue weighted by Gasteiger charge is 2.33. The number of phenolic OH excluding ortho intramolecular Hbond substituents is 1. The molecule has 0 aliphatic carbocycles. The van der Waals surface area contributed by atoms with Gasteiger partial charge in [-0.25, -0.2) is 0 Å². The van der Waals surface area contributed by atoms with Gasteiger partial charge < -0.3 is 10.4 Å². The van der Waals surface area contributed by atoms with Gasteiger partial charge in [-0.2, -0.15) is 0 Å². The van der Waals surface area contributed by atoms with Gasteiger partial charge in [-0.1, -0.05) is 11.8 Å². The van der Waals surface area contributed by atoms with E-state index >= 15 is 0 Å². The van der Waals surface area contributed by atoms with Crippen LogP contribution in [-0.4, -0.2) is 27.4 Å². The predicted molar refractivity (Wildman–Crippen MR) is 71.0 cm³/mol. The number of imide groups is 1. The number of carbonyl (C=O) groups is 3. The summed E-state index contributed by atoms with van der Waals surface area (Å²) in [5.74, 6) is -0.671.